The predicted octanol–water partition coefficient (Wildman–Crippen LogP) is 3.50. The van der Waals surface area contributed by atoms with Crippen molar-refractivity contribution in [2.75, 3.05) is 42.6 Å². The van der Waals surface area contributed by atoms with E-state index in [-0.39, 0.29) is 67.5 Å². The number of anilines is 1. The molecular weight excluding hydrogens is 755 g/mol. The lowest BCUT2D eigenvalue weighted by atomic mass is 9.75. The highest BCUT2D eigenvalue weighted by Crippen LogP contribution is 2.45. The summed E-state index contributed by atoms with van der Waals surface area (Å²) >= 11 is 0. The number of carbonyl (C=O) groups is 1. The standard InChI is InChI=1S/C34H43N3O13S3/c1-4-36(5-2)23-10-12-25-29(21-23)50-33(40)26(32(25)39)13-15-30-34(3,16-6-9-31(38)35-17-7-19-51(41,42)43)27-22-24(53(47,48)49)11-14-28(27)37(30)18-8-20-52(44,45)46/h10-15,21-22H,4-9,16-20H2,1-3H3,(H4,35,38,41,42,43,44,45,46,47,48,49)/p+1. The average molecular weight is 799 g/mol. The predicted molar refractivity (Wildman–Crippen MR) is 199 cm³/mol. The first-order valence-corrected chi connectivity index (χ1v) is 21.5. The van der Waals surface area contributed by atoms with Gasteiger partial charge in [0.1, 0.15) is 23.4 Å². The van der Waals surface area contributed by atoms with Crippen LogP contribution in [0.5, 0.6) is 5.75 Å². The van der Waals surface area contributed by atoms with E-state index >= 15 is 0 Å². The molecule has 19 heteroatoms. The van der Waals surface area contributed by atoms with E-state index in [1.54, 1.807) is 29.7 Å². The topological polar surface area (TPSA) is 249 Å². The molecule has 0 saturated heterocycles. The van der Waals surface area contributed by atoms with Gasteiger partial charge in [-0.1, -0.05) is 0 Å². The Balaban J connectivity index is 1.79. The van der Waals surface area contributed by atoms with Crippen molar-refractivity contribution in [3.8, 4) is 5.75 Å². The molecule has 1 amide bonds. The van der Waals surface area contributed by atoms with Crippen molar-refractivity contribution in [2.45, 2.75) is 63.2 Å². The Morgan fingerprint density at radius 1 is 0.925 bits per heavy atom. The quantitative estimate of drug-likeness (QED) is 0.0535. The van der Waals surface area contributed by atoms with Gasteiger partial charge in [-0.25, -0.2) is 4.79 Å². The maximum Gasteiger partial charge on any atom is 0.347 e. The van der Waals surface area contributed by atoms with Gasteiger partial charge in [-0.3, -0.25) is 18.5 Å². The van der Waals surface area contributed by atoms with Gasteiger partial charge >= 0.3 is 5.63 Å². The van der Waals surface area contributed by atoms with E-state index in [4.69, 9.17) is 8.97 Å². The number of amides is 1. The number of hydrogen-bond acceptors (Lipinski definition) is 11. The monoisotopic (exact) mass is 798 g/mol. The number of carbonyl (C=O) groups excluding carboxylic acids is 1. The molecule has 0 aliphatic carbocycles. The SMILES string of the molecule is CCN(CC)c1ccc2c(O)c(/C=C/C3=[N+](CCCS(=O)(=O)O)c4ccc(S(=O)(=O)O)cc4C3(C)CCCC(=O)NCCCS(=O)(=O)O)c(=O)oc2c1. The number of fused-ring (bicyclic) bond motifs is 2. The van der Waals surface area contributed by atoms with Crippen LogP contribution in [0.3, 0.4) is 0 Å². The zero-order valence-electron chi connectivity index (χ0n) is 29.5. The van der Waals surface area contributed by atoms with Gasteiger partial charge in [-0.2, -0.15) is 29.8 Å². The molecule has 53 heavy (non-hydrogen) atoms. The summed E-state index contributed by atoms with van der Waals surface area (Å²) in [5, 5.41) is 14.1. The van der Waals surface area contributed by atoms with Crippen LogP contribution >= 0.6 is 0 Å². The van der Waals surface area contributed by atoms with Crippen LogP contribution in [0.1, 0.15) is 64.0 Å². The molecule has 1 atom stereocenters. The molecule has 0 fully saturated rings. The Labute approximate surface area is 308 Å². The third kappa shape index (κ3) is 10.3. The van der Waals surface area contributed by atoms with Crippen molar-refractivity contribution in [3.05, 3.63) is 64.0 Å². The minimum Gasteiger partial charge on any atom is -0.506 e. The number of benzene rings is 2. The number of hydrogen-bond donors (Lipinski definition) is 5. The molecule has 3 aromatic rings. The molecule has 16 nitrogen and oxygen atoms in total. The molecule has 0 radical (unpaired) electrons. The summed E-state index contributed by atoms with van der Waals surface area (Å²) in [5.41, 5.74) is 0.0221. The number of nitrogens with zero attached hydrogens (tertiary/aromatic N) is 2. The molecule has 1 aliphatic rings. The Kier molecular flexibility index (Phi) is 12.9. The molecule has 5 N–H and O–H groups in total. The highest BCUT2D eigenvalue weighted by atomic mass is 32.2. The highest BCUT2D eigenvalue weighted by Gasteiger charge is 2.48. The fourth-order valence-electron chi connectivity index (χ4n) is 6.56. The number of allylic oxidation sites excluding steroid dienone is 1. The van der Waals surface area contributed by atoms with E-state index in [9.17, 15) is 49.1 Å². The van der Waals surface area contributed by atoms with Gasteiger partial charge < -0.3 is 19.7 Å². The number of rotatable bonds is 18. The molecule has 1 aromatic heterocycles. The first-order chi connectivity index (χ1) is 24.7. The van der Waals surface area contributed by atoms with Crippen molar-refractivity contribution in [1.29, 1.82) is 0 Å². The lowest BCUT2D eigenvalue weighted by molar-refractivity contribution is -0.437. The first-order valence-electron chi connectivity index (χ1n) is 16.9. The maximum atomic E-state index is 13.3. The summed E-state index contributed by atoms with van der Waals surface area (Å²) < 4.78 is 105. The Bertz CT molecular complexity index is 2330. The molecule has 4 rings (SSSR count). The smallest absolute Gasteiger partial charge is 0.347 e. The van der Waals surface area contributed by atoms with Gasteiger partial charge in [-0.15, -0.1) is 0 Å². The molecule has 0 spiro atoms. The third-order valence-corrected chi connectivity index (χ3v) is 11.7. The van der Waals surface area contributed by atoms with E-state index < -0.39 is 63.7 Å². The summed E-state index contributed by atoms with van der Waals surface area (Å²) in [5.74, 6) is -1.90. The fourth-order valence-corrected chi connectivity index (χ4v) is 8.07. The van der Waals surface area contributed by atoms with E-state index in [2.05, 4.69) is 5.32 Å². The number of nitrogens with one attached hydrogen (secondary N) is 1. The highest BCUT2D eigenvalue weighted by molar-refractivity contribution is 7.86. The van der Waals surface area contributed by atoms with Gasteiger partial charge in [-0.05, 0) is 70.4 Å². The van der Waals surface area contributed by atoms with Crippen LogP contribution in [0.4, 0.5) is 11.4 Å². The third-order valence-electron chi connectivity index (χ3n) is 9.21. The van der Waals surface area contributed by atoms with Crippen LogP contribution in [-0.2, 0) is 40.6 Å². The zero-order valence-corrected chi connectivity index (χ0v) is 31.9. The summed E-state index contributed by atoms with van der Waals surface area (Å²) in [6.07, 6.45) is 3.09. The normalized spacial score (nSPS) is 16.4. The van der Waals surface area contributed by atoms with Gasteiger partial charge in [0.25, 0.3) is 30.4 Å². The summed E-state index contributed by atoms with van der Waals surface area (Å²) in [6, 6.07) is 8.95. The first kappa shape index (κ1) is 41.6. The Hall–Kier alpha value is -4.14. The molecule has 0 bridgehead atoms. The molecule has 1 aliphatic heterocycles. The van der Waals surface area contributed by atoms with Crippen molar-refractivity contribution < 1.29 is 57.8 Å². The van der Waals surface area contributed by atoms with E-state index in [1.165, 1.54) is 30.4 Å². The lowest BCUT2D eigenvalue weighted by Crippen LogP contribution is -2.32. The maximum absolute atomic E-state index is 13.3. The van der Waals surface area contributed by atoms with Crippen molar-refractivity contribution in [1.82, 2.24) is 5.32 Å². The molecule has 1 unspecified atom stereocenters. The van der Waals surface area contributed by atoms with Gasteiger partial charge in [0.15, 0.2) is 5.71 Å². The lowest BCUT2D eigenvalue weighted by Gasteiger charge is -2.23. The minimum atomic E-state index is -4.68. The second-order valence-electron chi connectivity index (χ2n) is 12.8. The summed E-state index contributed by atoms with van der Waals surface area (Å²) in [4.78, 5) is 27.5. The van der Waals surface area contributed by atoms with Crippen molar-refractivity contribution >= 4 is 70.4 Å². The average Bonchev–Trinajstić information content (AvgIpc) is 3.28. The fraction of sp³-hybridized carbons (Fsp3) is 0.441. The van der Waals surface area contributed by atoms with Crippen LogP contribution in [-0.4, -0.2) is 97.9 Å². The van der Waals surface area contributed by atoms with Gasteiger partial charge in [0, 0.05) is 61.9 Å². The molecular formula is C34H44N3O13S3+. The second-order valence-corrected chi connectivity index (χ2v) is 17.4. The largest absolute Gasteiger partial charge is 0.506 e. The van der Waals surface area contributed by atoms with Crippen LogP contribution in [0, 0.1) is 0 Å². The van der Waals surface area contributed by atoms with Crippen molar-refractivity contribution in [2.24, 2.45) is 0 Å². The second kappa shape index (κ2) is 16.5. The number of aromatic hydroxyl groups is 1. The Morgan fingerprint density at radius 2 is 1.58 bits per heavy atom. The van der Waals surface area contributed by atoms with Crippen LogP contribution in [0.2, 0.25) is 0 Å². The van der Waals surface area contributed by atoms with Gasteiger partial charge in [0.05, 0.1) is 27.2 Å². The Morgan fingerprint density at radius 3 is 2.21 bits per heavy atom. The molecule has 290 valence electrons. The van der Waals surface area contributed by atoms with Crippen LogP contribution in [0.15, 0.2) is 56.6 Å². The zero-order chi connectivity index (χ0) is 39.4. The van der Waals surface area contributed by atoms with Crippen LogP contribution in [0.25, 0.3) is 17.0 Å². The van der Waals surface area contributed by atoms with Crippen LogP contribution < -0.4 is 15.8 Å². The van der Waals surface area contributed by atoms with E-state index in [0.717, 1.165) is 5.69 Å². The molecule has 0 saturated carbocycles. The minimum absolute atomic E-state index is 0.00598. The van der Waals surface area contributed by atoms with Gasteiger partial charge in [0.2, 0.25) is 11.6 Å². The van der Waals surface area contributed by atoms with Crippen molar-refractivity contribution in [3.63, 3.8) is 0 Å². The van der Waals surface area contributed by atoms with E-state index in [1.807, 2.05) is 18.7 Å². The molecule has 2 aromatic carbocycles. The molecule has 2 heterocycles. The summed E-state index contributed by atoms with van der Waals surface area (Å²) in [7, 11) is -13.2. The van der Waals surface area contributed by atoms with E-state index in [0.29, 0.717) is 30.1 Å². The summed E-state index contributed by atoms with van der Waals surface area (Å²) in [6.45, 7) is 7.08.